The van der Waals surface area contributed by atoms with E-state index in [0.717, 1.165) is 31.2 Å². The number of rotatable bonds is 2. The van der Waals surface area contributed by atoms with E-state index in [9.17, 15) is 9.59 Å². The van der Waals surface area contributed by atoms with Crippen molar-refractivity contribution in [1.29, 1.82) is 0 Å². The molecule has 0 aliphatic heterocycles. The van der Waals surface area contributed by atoms with Gasteiger partial charge in [-0.05, 0) is 31.4 Å². The first-order valence-corrected chi connectivity index (χ1v) is 7.34. The Kier molecular flexibility index (Phi) is 5.16. The van der Waals surface area contributed by atoms with Crippen molar-refractivity contribution in [2.75, 3.05) is 5.32 Å². The van der Waals surface area contributed by atoms with E-state index >= 15 is 0 Å². The monoisotopic (exact) mass is 274 g/mol. The van der Waals surface area contributed by atoms with Gasteiger partial charge in [0.25, 0.3) is 0 Å². The van der Waals surface area contributed by atoms with Crippen LogP contribution in [0.1, 0.15) is 44.1 Å². The van der Waals surface area contributed by atoms with E-state index in [-0.39, 0.29) is 6.04 Å². The van der Waals surface area contributed by atoms with Gasteiger partial charge < -0.3 is 10.6 Å². The molecule has 0 heterocycles. The number of nitrogens with one attached hydrogen (secondary N) is 2. The van der Waals surface area contributed by atoms with Gasteiger partial charge in [-0.3, -0.25) is 9.59 Å². The molecule has 1 aromatic rings. The van der Waals surface area contributed by atoms with Gasteiger partial charge in [0.15, 0.2) is 0 Å². The largest absolute Gasteiger partial charge is 0.345 e. The van der Waals surface area contributed by atoms with Gasteiger partial charge in [-0.25, -0.2) is 0 Å². The lowest BCUT2D eigenvalue weighted by Crippen LogP contribution is -2.41. The van der Waals surface area contributed by atoms with Crippen molar-refractivity contribution < 1.29 is 9.59 Å². The molecule has 1 aromatic carbocycles. The summed E-state index contributed by atoms with van der Waals surface area (Å²) in [5.41, 5.74) is 1.64. The third kappa shape index (κ3) is 4.08. The molecular formula is C16H22N2O2. The number of anilines is 1. The first-order valence-electron chi connectivity index (χ1n) is 7.34. The summed E-state index contributed by atoms with van der Waals surface area (Å²) in [6.45, 7) is 1.90. The maximum absolute atomic E-state index is 11.9. The molecule has 1 fully saturated rings. The molecule has 1 aliphatic carbocycles. The van der Waals surface area contributed by atoms with Gasteiger partial charge in [-0.1, -0.05) is 43.9 Å². The number of hydrogen-bond acceptors (Lipinski definition) is 2. The molecule has 1 aliphatic rings. The number of hydrogen-bond donors (Lipinski definition) is 2. The minimum atomic E-state index is -0.580. The Morgan fingerprint density at radius 1 is 1.00 bits per heavy atom. The molecule has 0 radical (unpaired) electrons. The first kappa shape index (κ1) is 14.6. The molecule has 0 aromatic heterocycles. The zero-order valence-corrected chi connectivity index (χ0v) is 11.9. The topological polar surface area (TPSA) is 58.2 Å². The van der Waals surface area contributed by atoms with Crippen LogP contribution in [0.5, 0.6) is 0 Å². The van der Waals surface area contributed by atoms with E-state index in [1.165, 1.54) is 12.8 Å². The lowest BCUT2D eigenvalue weighted by molar-refractivity contribution is -0.136. The fourth-order valence-corrected chi connectivity index (χ4v) is 2.57. The summed E-state index contributed by atoms with van der Waals surface area (Å²) >= 11 is 0. The Hall–Kier alpha value is -1.84. The molecule has 108 valence electrons. The van der Waals surface area contributed by atoms with Gasteiger partial charge in [0, 0.05) is 11.7 Å². The SMILES string of the molecule is Cc1ccccc1NC(=O)C(=O)NC1CCCCCC1. The van der Waals surface area contributed by atoms with Crippen molar-refractivity contribution >= 4 is 17.5 Å². The highest BCUT2D eigenvalue weighted by molar-refractivity contribution is 6.39. The smallest absolute Gasteiger partial charge is 0.313 e. The number of carbonyl (C=O) groups excluding carboxylic acids is 2. The van der Waals surface area contributed by atoms with Crippen LogP contribution in [0.4, 0.5) is 5.69 Å². The molecule has 0 unspecified atom stereocenters. The van der Waals surface area contributed by atoms with Crippen LogP contribution in [0.3, 0.4) is 0 Å². The van der Waals surface area contributed by atoms with Crippen LogP contribution in [0.25, 0.3) is 0 Å². The van der Waals surface area contributed by atoms with E-state index < -0.39 is 11.8 Å². The molecule has 20 heavy (non-hydrogen) atoms. The average Bonchev–Trinajstić information content (AvgIpc) is 2.70. The van der Waals surface area contributed by atoms with Crippen molar-refractivity contribution in [3.63, 3.8) is 0 Å². The second kappa shape index (κ2) is 7.08. The number of carbonyl (C=O) groups is 2. The Morgan fingerprint density at radius 2 is 1.65 bits per heavy atom. The van der Waals surface area contributed by atoms with Crippen molar-refractivity contribution in [2.45, 2.75) is 51.5 Å². The minimum absolute atomic E-state index is 0.146. The molecule has 0 saturated heterocycles. The Balaban J connectivity index is 1.88. The van der Waals surface area contributed by atoms with E-state index in [1.807, 2.05) is 25.1 Å². The lowest BCUT2D eigenvalue weighted by atomic mass is 10.1. The molecule has 0 spiro atoms. The van der Waals surface area contributed by atoms with E-state index in [4.69, 9.17) is 0 Å². The molecule has 2 N–H and O–H groups in total. The zero-order valence-electron chi connectivity index (χ0n) is 11.9. The van der Waals surface area contributed by atoms with Crippen molar-refractivity contribution in [2.24, 2.45) is 0 Å². The molecule has 4 nitrogen and oxygen atoms in total. The summed E-state index contributed by atoms with van der Waals surface area (Å²) in [7, 11) is 0. The normalized spacial score (nSPS) is 16.2. The zero-order chi connectivity index (χ0) is 14.4. The molecular weight excluding hydrogens is 252 g/mol. The predicted molar refractivity (Wildman–Crippen MR) is 79.4 cm³/mol. The standard InChI is InChI=1S/C16H22N2O2/c1-12-8-6-7-11-14(12)18-16(20)15(19)17-13-9-4-2-3-5-10-13/h6-8,11,13H,2-5,9-10H2,1H3,(H,17,19)(H,18,20). The third-order valence-electron chi connectivity index (χ3n) is 3.79. The van der Waals surface area contributed by atoms with Gasteiger partial charge in [0.05, 0.1) is 0 Å². The Morgan fingerprint density at radius 3 is 2.30 bits per heavy atom. The molecule has 4 heteroatoms. The second-order valence-corrected chi connectivity index (χ2v) is 5.43. The molecule has 2 rings (SSSR count). The minimum Gasteiger partial charge on any atom is -0.345 e. The van der Waals surface area contributed by atoms with Crippen LogP contribution in [0.15, 0.2) is 24.3 Å². The maximum atomic E-state index is 11.9. The van der Waals surface area contributed by atoms with E-state index in [1.54, 1.807) is 6.07 Å². The third-order valence-corrected chi connectivity index (χ3v) is 3.79. The highest BCUT2D eigenvalue weighted by Crippen LogP contribution is 2.17. The first-order chi connectivity index (χ1) is 9.66. The van der Waals surface area contributed by atoms with Gasteiger partial charge >= 0.3 is 11.8 Å². The maximum Gasteiger partial charge on any atom is 0.313 e. The van der Waals surface area contributed by atoms with Crippen LogP contribution in [0, 0.1) is 6.92 Å². The molecule has 0 atom stereocenters. The highest BCUT2D eigenvalue weighted by atomic mass is 16.2. The Labute approximate surface area is 119 Å². The summed E-state index contributed by atoms with van der Waals surface area (Å²) in [5.74, 6) is -1.11. The molecule has 2 amide bonds. The van der Waals surface area contributed by atoms with Crippen molar-refractivity contribution in [3.05, 3.63) is 29.8 Å². The van der Waals surface area contributed by atoms with Gasteiger partial charge in [-0.2, -0.15) is 0 Å². The van der Waals surface area contributed by atoms with Gasteiger partial charge in [-0.15, -0.1) is 0 Å². The quantitative estimate of drug-likeness (QED) is 0.643. The van der Waals surface area contributed by atoms with Crippen LogP contribution in [0.2, 0.25) is 0 Å². The van der Waals surface area contributed by atoms with E-state index in [2.05, 4.69) is 10.6 Å². The van der Waals surface area contributed by atoms with Crippen molar-refractivity contribution in [1.82, 2.24) is 5.32 Å². The van der Waals surface area contributed by atoms with E-state index in [0.29, 0.717) is 5.69 Å². The number of benzene rings is 1. The van der Waals surface area contributed by atoms with Gasteiger partial charge in [0.1, 0.15) is 0 Å². The summed E-state index contributed by atoms with van der Waals surface area (Å²) < 4.78 is 0. The van der Waals surface area contributed by atoms with Gasteiger partial charge in [0.2, 0.25) is 0 Å². The predicted octanol–water partition coefficient (Wildman–Crippen LogP) is 2.77. The number of aryl methyl sites for hydroxylation is 1. The summed E-state index contributed by atoms with van der Waals surface area (Å²) in [6.07, 6.45) is 6.66. The summed E-state index contributed by atoms with van der Waals surface area (Å²) in [4.78, 5) is 23.8. The highest BCUT2D eigenvalue weighted by Gasteiger charge is 2.20. The van der Waals surface area contributed by atoms with Crippen LogP contribution in [-0.4, -0.2) is 17.9 Å². The number of para-hydroxylation sites is 1. The second-order valence-electron chi connectivity index (χ2n) is 5.43. The van der Waals surface area contributed by atoms with Crippen molar-refractivity contribution in [3.8, 4) is 0 Å². The number of amides is 2. The van der Waals surface area contributed by atoms with Crippen LogP contribution >= 0.6 is 0 Å². The van der Waals surface area contributed by atoms with Crippen LogP contribution < -0.4 is 10.6 Å². The average molecular weight is 274 g/mol. The molecule has 1 saturated carbocycles. The fourth-order valence-electron chi connectivity index (χ4n) is 2.57. The lowest BCUT2D eigenvalue weighted by Gasteiger charge is -2.16. The fraction of sp³-hybridized carbons (Fsp3) is 0.500. The summed E-state index contributed by atoms with van der Waals surface area (Å²) in [5, 5.41) is 5.51. The Bertz CT molecular complexity index is 477. The molecule has 0 bridgehead atoms. The van der Waals surface area contributed by atoms with Crippen LogP contribution in [-0.2, 0) is 9.59 Å². The summed E-state index contributed by atoms with van der Waals surface area (Å²) in [6, 6.07) is 7.58.